The molecule has 7 heteroatoms. The number of likely N-dealkylation sites (tertiary alicyclic amines) is 1. The van der Waals surface area contributed by atoms with Crippen LogP contribution in [0.3, 0.4) is 0 Å². The number of carbonyl (C=O) groups is 2. The molecule has 2 rings (SSSR count). The smallest absolute Gasteiger partial charge is 0.321 e. The lowest BCUT2D eigenvalue weighted by Crippen LogP contribution is -2.49. The van der Waals surface area contributed by atoms with E-state index in [1.54, 1.807) is 6.92 Å². The van der Waals surface area contributed by atoms with Crippen LogP contribution < -0.4 is 5.32 Å². The molecule has 0 saturated carbocycles. The van der Waals surface area contributed by atoms with Crippen LogP contribution >= 0.6 is 0 Å². The summed E-state index contributed by atoms with van der Waals surface area (Å²) in [7, 11) is 0. The van der Waals surface area contributed by atoms with Gasteiger partial charge in [-0.2, -0.15) is 0 Å². The predicted molar refractivity (Wildman–Crippen MR) is 71.9 cm³/mol. The number of hydrogen-bond donors (Lipinski definition) is 2. The number of rotatable bonds is 2. The van der Waals surface area contributed by atoms with Gasteiger partial charge in [-0.3, -0.25) is 4.79 Å². The van der Waals surface area contributed by atoms with Gasteiger partial charge in [-0.15, -0.1) is 0 Å². The van der Waals surface area contributed by atoms with Crippen molar-refractivity contribution in [1.29, 1.82) is 0 Å². The van der Waals surface area contributed by atoms with Crippen molar-refractivity contribution in [3.05, 3.63) is 29.8 Å². The van der Waals surface area contributed by atoms with Gasteiger partial charge in [0.05, 0.1) is 5.41 Å². The highest BCUT2D eigenvalue weighted by molar-refractivity contribution is 5.90. The number of carboxylic acid groups (broad SMARTS) is 1. The number of halogens is 2. The first-order valence-corrected chi connectivity index (χ1v) is 6.56. The van der Waals surface area contributed by atoms with E-state index in [-0.39, 0.29) is 12.2 Å². The maximum absolute atomic E-state index is 13.1. The molecule has 2 N–H and O–H groups in total. The molecule has 1 unspecified atom stereocenters. The monoisotopic (exact) mass is 298 g/mol. The predicted octanol–water partition coefficient (Wildman–Crippen LogP) is 2.68. The molecule has 0 aromatic heterocycles. The Bertz CT molecular complexity index is 559. The van der Waals surface area contributed by atoms with E-state index in [0.717, 1.165) is 12.1 Å². The van der Waals surface area contributed by atoms with Crippen molar-refractivity contribution in [1.82, 2.24) is 4.90 Å². The normalized spacial score (nSPS) is 22.0. The summed E-state index contributed by atoms with van der Waals surface area (Å²) >= 11 is 0. The van der Waals surface area contributed by atoms with E-state index < -0.39 is 29.0 Å². The number of piperidine rings is 1. The van der Waals surface area contributed by atoms with E-state index in [0.29, 0.717) is 25.5 Å². The lowest BCUT2D eigenvalue weighted by Gasteiger charge is -2.37. The van der Waals surface area contributed by atoms with Crippen molar-refractivity contribution in [3.8, 4) is 0 Å². The molecule has 0 radical (unpaired) electrons. The topological polar surface area (TPSA) is 69.6 Å². The summed E-state index contributed by atoms with van der Waals surface area (Å²) in [6, 6.07) is 2.15. The van der Waals surface area contributed by atoms with Gasteiger partial charge in [0.2, 0.25) is 0 Å². The van der Waals surface area contributed by atoms with E-state index in [2.05, 4.69) is 5.32 Å². The Balaban J connectivity index is 2.08. The minimum Gasteiger partial charge on any atom is -0.481 e. The number of aliphatic carboxylic acids is 1. The van der Waals surface area contributed by atoms with Crippen molar-refractivity contribution < 1.29 is 23.5 Å². The van der Waals surface area contributed by atoms with Crippen molar-refractivity contribution in [2.24, 2.45) is 5.41 Å². The van der Waals surface area contributed by atoms with Crippen molar-refractivity contribution in [3.63, 3.8) is 0 Å². The fourth-order valence-corrected chi connectivity index (χ4v) is 2.42. The maximum Gasteiger partial charge on any atom is 0.321 e. The molecule has 1 fully saturated rings. The van der Waals surface area contributed by atoms with Crippen LogP contribution in [-0.4, -0.2) is 35.1 Å². The molecule has 1 aliphatic rings. The molecule has 1 saturated heterocycles. The molecule has 1 atom stereocenters. The van der Waals surface area contributed by atoms with E-state index in [9.17, 15) is 23.5 Å². The van der Waals surface area contributed by atoms with E-state index in [1.807, 2.05) is 0 Å². The number of carboxylic acids is 1. The minimum absolute atomic E-state index is 0.0000940. The highest BCUT2D eigenvalue weighted by atomic mass is 19.1. The summed E-state index contributed by atoms with van der Waals surface area (Å²) < 4.78 is 26.1. The maximum atomic E-state index is 13.1. The van der Waals surface area contributed by atoms with Crippen LogP contribution in [0.15, 0.2) is 18.2 Å². The van der Waals surface area contributed by atoms with Crippen LogP contribution in [0.25, 0.3) is 0 Å². The fourth-order valence-electron chi connectivity index (χ4n) is 2.42. The summed E-state index contributed by atoms with van der Waals surface area (Å²) in [5.74, 6) is -2.55. The van der Waals surface area contributed by atoms with Crippen LogP contribution in [0.2, 0.25) is 0 Å². The largest absolute Gasteiger partial charge is 0.481 e. The van der Waals surface area contributed by atoms with Crippen LogP contribution in [0, 0.1) is 17.0 Å². The number of amides is 2. The average molecular weight is 298 g/mol. The Labute approximate surface area is 120 Å². The second-order valence-corrected chi connectivity index (χ2v) is 5.48. The molecule has 1 aromatic rings. The lowest BCUT2D eigenvalue weighted by molar-refractivity contribution is -0.150. The van der Waals surface area contributed by atoms with Gasteiger partial charge < -0.3 is 15.3 Å². The van der Waals surface area contributed by atoms with E-state index >= 15 is 0 Å². The quantitative estimate of drug-likeness (QED) is 0.882. The van der Waals surface area contributed by atoms with Gasteiger partial charge in [0, 0.05) is 24.8 Å². The number of benzene rings is 1. The van der Waals surface area contributed by atoms with Crippen molar-refractivity contribution >= 4 is 17.7 Å². The Hall–Kier alpha value is -2.18. The third-order valence-electron chi connectivity index (χ3n) is 3.61. The van der Waals surface area contributed by atoms with Gasteiger partial charge in [0.25, 0.3) is 0 Å². The third-order valence-corrected chi connectivity index (χ3v) is 3.61. The van der Waals surface area contributed by atoms with Crippen LogP contribution in [-0.2, 0) is 4.79 Å². The minimum atomic E-state index is -0.997. The zero-order valence-electron chi connectivity index (χ0n) is 11.5. The molecule has 1 aliphatic heterocycles. The molecule has 0 spiro atoms. The van der Waals surface area contributed by atoms with Gasteiger partial charge in [0.15, 0.2) is 0 Å². The van der Waals surface area contributed by atoms with Crippen LogP contribution in [0.1, 0.15) is 19.8 Å². The van der Waals surface area contributed by atoms with E-state index in [1.165, 1.54) is 4.90 Å². The highest BCUT2D eigenvalue weighted by Crippen LogP contribution is 2.30. The van der Waals surface area contributed by atoms with E-state index in [4.69, 9.17) is 0 Å². The van der Waals surface area contributed by atoms with Crippen LogP contribution in [0.5, 0.6) is 0 Å². The Morgan fingerprint density at radius 1 is 1.29 bits per heavy atom. The fraction of sp³-hybridized carbons (Fsp3) is 0.429. The zero-order valence-corrected chi connectivity index (χ0v) is 11.5. The molecular weight excluding hydrogens is 282 g/mol. The highest BCUT2D eigenvalue weighted by Gasteiger charge is 2.39. The van der Waals surface area contributed by atoms with Gasteiger partial charge in [-0.1, -0.05) is 0 Å². The van der Waals surface area contributed by atoms with Crippen molar-refractivity contribution in [2.75, 3.05) is 18.4 Å². The molecule has 1 heterocycles. The Kier molecular flexibility index (Phi) is 4.11. The first kappa shape index (κ1) is 15.2. The summed E-state index contributed by atoms with van der Waals surface area (Å²) in [5.41, 5.74) is -0.997. The number of carbonyl (C=O) groups excluding carboxylic acids is 1. The molecule has 21 heavy (non-hydrogen) atoms. The first-order valence-electron chi connectivity index (χ1n) is 6.56. The molecule has 2 amide bonds. The molecule has 5 nitrogen and oxygen atoms in total. The van der Waals surface area contributed by atoms with Gasteiger partial charge in [0.1, 0.15) is 11.6 Å². The van der Waals surface area contributed by atoms with Crippen LogP contribution in [0.4, 0.5) is 19.3 Å². The number of nitrogens with one attached hydrogen (secondary N) is 1. The first-order chi connectivity index (χ1) is 9.80. The summed E-state index contributed by atoms with van der Waals surface area (Å²) in [5, 5.41) is 11.6. The Morgan fingerprint density at radius 3 is 2.48 bits per heavy atom. The number of hydrogen-bond acceptors (Lipinski definition) is 2. The molecule has 0 bridgehead atoms. The zero-order chi connectivity index (χ0) is 15.6. The summed E-state index contributed by atoms with van der Waals surface area (Å²) in [4.78, 5) is 24.7. The average Bonchev–Trinajstić information content (AvgIpc) is 2.37. The SMILES string of the molecule is CC1(C(=O)O)CCCN(C(=O)Nc2cc(F)cc(F)c2)C1. The third kappa shape index (κ3) is 3.48. The van der Waals surface area contributed by atoms with Crippen molar-refractivity contribution in [2.45, 2.75) is 19.8 Å². The summed E-state index contributed by atoms with van der Waals surface area (Å²) in [6.45, 7) is 2.05. The Morgan fingerprint density at radius 2 is 1.90 bits per heavy atom. The van der Waals surface area contributed by atoms with Gasteiger partial charge in [-0.05, 0) is 31.9 Å². The van der Waals surface area contributed by atoms with Gasteiger partial charge in [-0.25, -0.2) is 13.6 Å². The molecular formula is C14H16F2N2O3. The second kappa shape index (κ2) is 5.67. The number of nitrogens with zero attached hydrogens (tertiary/aromatic N) is 1. The van der Waals surface area contributed by atoms with Gasteiger partial charge >= 0.3 is 12.0 Å². The summed E-state index contributed by atoms with van der Waals surface area (Å²) in [6.07, 6.45) is 1.05. The molecule has 114 valence electrons. The second-order valence-electron chi connectivity index (χ2n) is 5.48. The standard InChI is InChI=1S/C14H16F2N2O3/c1-14(12(19)20)3-2-4-18(8-14)13(21)17-11-6-9(15)5-10(16)7-11/h5-7H,2-4,8H2,1H3,(H,17,21)(H,19,20). The molecule has 0 aliphatic carbocycles. The lowest BCUT2D eigenvalue weighted by atomic mass is 9.82. The molecule has 1 aromatic carbocycles. The number of urea groups is 1. The number of anilines is 1.